The van der Waals surface area contributed by atoms with Crippen molar-refractivity contribution < 1.29 is 10.2 Å². The standard InChI is InChI=1S/C13H26O2/c14-11-5-3-9-13(7-1-2-8-13)10-4-6-12-15/h14-15H,1-12H2. The molecule has 0 radical (unpaired) electrons. The molecule has 2 N–H and O–H groups in total. The second-order valence-corrected chi connectivity index (χ2v) is 5.07. The molecule has 0 aromatic carbocycles. The summed E-state index contributed by atoms with van der Waals surface area (Å²) in [5, 5.41) is 17.6. The summed E-state index contributed by atoms with van der Waals surface area (Å²) in [5.41, 5.74) is 0.574. The summed E-state index contributed by atoms with van der Waals surface area (Å²) in [7, 11) is 0. The van der Waals surface area contributed by atoms with E-state index >= 15 is 0 Å². The van der Waals surface area contributed by atoms with Gasteiger partial charge in [0.1, 0.15) is 0 Å². The van der Waals surface area contributed by atoms with Crippen LogP contribution in [0.4, 0.5) is 0 Å². The van der Waals surface area contributed by atoms with E-state index in [0.29, 0.717) is 18.6 Å². The van der Waals surface area contributed by atoms with E-state index in [1.54, 1.807) is 0 Å². The van der Waals surface area contributed by atoms with Gasteiger partial charge in [-0.05, 0) is 43.9 Å². The molecule has 1 aliphatic carbocycles. The maximum absolute atomic E-state index is 8.81. The molecule has 90 valence electrons. The quantitative estimate of drug-likeness (QED) is 0.610. The Kier molecular flexibility index (Phi) is 6.26. The van der Waals surface area contributed by atoms with Crippen LogP contribution in [0.2, 0.25) is 0 Å². The van der Waals surface area contributed by atoms with E-state index < -0.39 is 0 Å². The van der Waals surface area contributed by atoms with Crippen molar-refractivity contribution in [3.05, 3.63) is 0 Å². The highest BCUT2D eigenvalue weighted by Gasteiger charge is 2.32. The van der Waals surface area contributed by atoms with Gasteiger partial charge in [0.2, 0.25) is 0 Å². The molecule has 2 nitrogen and oxygen atoms in total. The fourth-order valence-electron chi connectivity index (χ4n) is 2.97. The topological polar surface area (TPSA) is 40.5 Å². The predicted octanol–water partition coefficient (Wildman–Crippen LogP) is 2.87. The second-order valence-electron chi connectivity index (χ2n) is 5.07. The Morgan fingerprint density at radius 3 is 1.60 bits per heavy atom. The molecule has 0 aliphatic heterocycles. The molecule has 2 heteroatoms. The lowest BCUT2D eigenvalue weighted by atomic mass is 9.77. The fourth-order valence-corrected chi connectivity index (χ4v) is 2.97. The third-order valence-corrected chi connectivity index (χ3v) is 3.89. The first-order valence-electron chi connectivity index (χ1n) is 6.55. The minimum atomic E-state index is 0.340. The third-order valence-electron chi connectivity index (χ3n) is 3.89. The molecule has 15 heavy (non-hydrogen) atoms. The zero-order valence-electron chi connectivity index (χ0n) is 9.88. The van der Waals surface area contributed by atoms with Crippen molar-refractivity contribution in [2.75, 3.05) is 13.2 Å². The number of hydrogen-bond acceptors (Lipinski definition) is 2. The van der Waals surface area contributed by atoms with Crippen molar-refractivity contribution in [1.29, 1.82) is 0 Å². The van der Waals surface area contributed by atoms with Crippen LogP contribution in [0.3, 0.4) is 0 Å². The molecule has 0 unspecified atom stereocenters. The number of aliphatic hydroxyl groups excluding tert-OH is 2. The van der Waals surface area contributed by atoms with E-state index in [2.05, 4.69) is 0 Å². The molecular formula is C13H26O2. The summed E-state index contributed by atoms with van der Waals surface area (Å²) in [5.74, 6) is 0. The van der Waals surface area contributed by atoms with Gasteiger partial charge in [-0.15, -0.1) is 0 Å². The van der Waals surface area contributed by atoms with Gasteiger partial charge in [0.15, 0.2) is 0 Å². The molecule has 0 bridgehead atoms. The average molecular weight is 214 g/mol. The van der Waals surface area contributed by atoms with E-state index in [4.69, 9.17) is 10.2 Å². The van der Waals surface area contributed by atoms with E-state index in [-0.39, 0.29) is 0 Å². The predicted molar refractivity (Wildman–Crippen MR) is 62.8 cm³/mol. The molecule has 0 amide bonds. The summed E-state index contributed by atoms with van der Waals surface area (Å²) in [6, 6.07) is 0. The van der Waals surface area contributed by atoms with Crippen LogP contribution < -0.4 is 0 Å². The molecule has 0 atom stereocenters. The number of rotatable bonds is 8. The van der Waals surface area contributed by atoms with E-state index in [9.17, 15) is 0 Å². The number of aliphatic hydroxyl groups is 2. The van der Waals surface area contributed by atoms with E-state index in [0.717, 1.165) is 12.8 Å². The van der Waals surface area contributed by atoms with Gasteiger partial charge < -0.3 is 10.2 Å². The van der Waals surface area contributed by atoms with Gasteiger partial charge in [-0.3, -0.25) is 0 Å². The molecule has 0 aromatic rings. The van der Waals surface area contributed by atoms with Gasteiger partial charge in [0.25, 0.3) is 0 Å². The lowest BCUT2D eigenvalue weighted by molar-refractivity contribution is 0.205. The SMILES string of the molecule is OCCCCC1(CCCCO)CCCC1. The lowest BCUT2D eigenvalue weighted by Crippen LogP contribution is -2.16. The normalized spacial score (nSPS) is 19.6. The first-order chi connectivity index (χ1) is 7.33. The van der Waals surface area contributed by atoms with Gasteiger partial charge >= 0.3 is 0 Å². The van der Waals surface area contributed by atoms with Gasteiger partial charge in [-0.1, -0.05) is 25.7 Å². The number of unbranched alkanes of at least 4 members (excludes halogenated alkanes) is 2. The Morgan fingerprint density at radius 1 is 0.733 bits per heavy atom. The summed E-state index contributed by atoms with van der Waals surface area (Å²) in [4.78, 5) is 0. The molecular weight excluding hydrogens is 188 g/mol. The van der Waals surface area contributed by atoms with Crippen molar-refractivity contribution in [1.82, 2.24) is 0 Å². The Morgan fingerprint density at radius 2 is 1.20 bits per heavy atom. The Balaban J connectivity index is 2.26. The molecule has 1 fully saturated rings. The zero-order valence-corrected chi connectivity index (χ0v) is 9.88. The van der Waals surface area contributed by atoms with Crippen molar-refractivity contribution in [3.8, 4) is 0 Å². The van der Waals surface area contributed by atoms with Gasteiger partial charge in [0.05, 0.1) is 0 Å². The van der Waals surface area contributed by atoms with Gasteiger partial charge in [-0.2, -0.15) is 0 Å². The van der Waals surface area contributed by atoms with Crippen LogP contribution in [0.15, 0.2) is 0 Å². The maximum atomic E-state index is 8.81. The Bertz CT molecular complexity index is 139. The molecule has 0 heterocycles. The highest BCUT2D eigenvalue weighted by Crippen LogP contribution is 2.46. The van der Waals surface area contributed by atoms with Crippen molar-refractivity contribution in [3.63, 3.8) is 0 Å². The second kappa shape index (κ2) is 7.24. The van der Waals surface area contributed by atoms with Gasteiger partial charge in [0, 0.05) is 13.2 Å². The summed E-state index contributed by atoms with van der Waals surface area (Å²) < 4.78 is 0. The highest BCUT2D eigenvalue weighted by atomic mass is 16.3. The van der Waals surface area contributed by atoms with Crippen LogP contribution in [0, 0.1) is 5.41 Å². The molecule has 1 saturated carbocycles. The molecule has 0 saturated heterocycles. The van der Waals surface area contributed by atoms with Crippen LogP contribution in [-0.2, 0) is 0 Å². The van der Waals surface area contributed by atoms with E-state index in [1.807, 2.05) is 0 Å². The molecule has 1 aliphatic rings. The zero-order chi connectivity index (χ0) is 11.0. The lowest BCUT2D eigenvalue weighted by Gasteiger charge is -2.29. The molecule has 1 rings (SSSR count). The highest BCUT2D eigenvalue weighted by molar-refractivity contribution is 4.84. The Labute approximate surface area is 93.7 Å². The minimum Gasteiger partial charge on any atom is -0.396 e. The largest absolute Gasteiger partial charge is 0.396 e. The maximum Gasteiger partial charge on any atom is 0.0431 e. The molecule has 0 aromatic heterocycles. The first kappa shape index (κ1) is 13.0. The minimum absolute atomic E-state index is 0.340. The van der Waals surface area contributed by atoms with Gasteiger partial charge in [-0.25, -0.2) is 0 Å². The smallest absolute Gasteiger partial charge is 0.0431 e. The fraction of sp³-hybridized carbons (Fsp3) is 1.00. The Hall–Kier alpha value is -0.0800. The molecule has 0 spiro atoms. The van der Waals surface area contributed by atoms with E-state index in [1.165, 1.54) is 51.4 Å². The monoisotopic (exact) mass is 214 g/mol. The summed E-state index contributed by atoms with van der Waals surface area (Å²) in [6.45, 7) is 0.680. The van der Waals surface area contributed by atoms with Crippen LogP contribution >= 0.6 is 0 Å². The first-order valence-corrected chi connectivity index (χ1v) is 6.55. The average Bonchev–Trinajstić information content (AvgIpc) is 2.68. The van der Waals surface area contributed by atoms with Crippen molar-refractivity contribution >= 4 is 0 Å². The van der Waals surface area contributed by atoms with Crippen LogP contribution in [0.1, 0.15) is 64.2 Å². The van der Waals surface area contributed by atoms with Crippen molar-refractivity contribution in [2.45, 2.75) is 64.2 Å². The van der Waals surface area contributed by atoms with Crippen molar-refractivity contribution in [2.24, 2.45) is 5.41 Å². The number of hydrogen-bond donors (Lipinski definition) is 2. The van der Waals surface area contributed by atoms with Crippen LogP contribution in [0.25, 0.3) is 0 Å². The summed E-state index contributed by atoms with van der Waals surface area (Å²) in [6.07, 6.45) is 12.4. The third kappa shape index (κ3) is 4.52. The van der Waals surface area contributed by atoms with Crippen LogP contribution in [-0.4, -0.2) is 23.4 Å². The summed E-state index contributed by atoms with van der Waals surface area (Å²) >= 11 is 0. The van der Waals surface area contributed by atoms with Crippen LogP contribution in [0.5, 0.6) is 0 Å².